The summed E-state index contributed by atoms with van der Waals surface area (Å²) in [6.07, 6.45) is 3.61. The van der Waals surface area contributed by atoms with E-state index in [9.17, 15) is 24.5 Å². The van der Waals surface area contributed by atoms with E-state index < -0.39 is 34.2 Å². The van der Waals surface area contributed by atoms with Crippen molar-refractivity contribution in [1.82, 2.24) is 10.2 Å². The van der Waals surface area contributed by atoms with Gasteiger partial charge in [0, 0.05) is 37.3 Å². The number of benzene rings is 2. The second-order valence-corrected chi connectivity index (χ2v) is 9.93. The Hall–Kier alpha value is -4.15. The SMILES string of the molecule is COc1ccc(CCN2C(=O)NC(=O)[C@]3(Cc4cc([N+](=O)[O-])ccc4N4CCCCC[C@@H]43)C2=O)cc1OC. The van der Waals surface area contributed by atoms with E-state index in [1.165, 1.54) is 19.2 Å². The van der Waals surface area contributed by atoms with Crippen molar-refractivity contribution in [1.29, 1.82) is 0 Å². The Balaban J connectivity index is 1.51. The van der Waals surface area contributed by atoms with Crippen LogP contribution in [0.3, 0.4) is 0 Å². The van der Waals surface area contributed by atoms with Crippen LogP contribution in [0.1, 0.15) is 36.8 Å². The lowest BCUT2D eigenvalue weighted by Gasteiger charge is -2.51. The number of rotatable bonds is 6. The highest BCUT2D eigenvalue weighted by molar-refractivity contribution is 6.20. The van der Waals surface area contributed by atoms with Crippen LogP contribution in [0.4, 0.5) is 16.2 Å². The predicted octanol–water partition coefficient (Wildman–Crippen LogP) is 3.22. The number of carbonyl (C=O) groups excluding carboxylic acids is 3. The number of nitrogens with zero attached hydrogens (tertiary/aromatic N) is 3. The van der Waals surface area contributed by atoms with Crippen molar-refractivity contribution in [3.8, 4) is 11.5 Å². The molecule has 2 atom stereocenters. The number of non-ortho nitro benzene ring substituents is 1. The van der Waals surface area contributed by atoms with E-state index in [0.717, 1.165) is 35.4 Å². The van der Waals surface area contributed by atoms with Crippen LogP contribution in [0, 0.1) is 15.5 Å². The highest BCUT2D eigenvalue weighted by atomic mass is 16.6. The highest BCUT2D eigenvalue weighted by Crippen LogP contribution is 2.48. The highest BCUT2D eigenvalue weighted by Gasteiger charge is 2.61. The molecule has 0 bridgehead atoms. The first-order valence-electron chi connectivity index (χ1n) is 12.7. The quantitative estimate of drug-likeness (QED) is 0.348. The molecular formula is C27H30N4O7. The second kappa shape index (κ2) is 9.96. The van der Waals surface area contributed by atoms with E-state index >= 15 is 0 Å². The zero-order valence-electron chi connectivity index (χ0n) is 21.4. The Labute approximate surface area is 219 Å². The van der Waals surface area contributed by atoms with E-state index in [1.54, 1.807) is 25.3 Å². The van der Waals surface area contributed by atoms with Gasteiger partial charge in [-0.1, -0.05) is 18.9 Å². The number of imide groups is 2. The molecule has 3 aliphatic heterocycles. The summed E-state index contributed by atoms with van der Waals surface area (Å²) in [5, 5.41) is 13.9. The first kappa shape index (κ1) is 25.5. The van der Waals surface area contributed by atoms with Crippen molar-refractivity contribution < 1.29 is 28.8 Å². The largest absolute Gasteiger partial charge is 0.493 e. The van der Waals surface area contributed by atoms with Crippen LogP contribution in [0.15, 0.2) is 36.4 Å². The number of hydrogen-bond donors (Lipinski definition) is 1. The van der Waals surface area contributed by atoms with Crippen LogP contribution in [-0.2, 0) is 22.4 Å². The Kier molecular flexibility index (Phi) is 6.68. The van der Waals surface area contributed by atoms with Crippen LogP contribution in [0.5, 0.6) is 11.5 Å². The van der Waals surface area contributed by atoms with Gasteiger partial charge in [-0.3, -0.25) is 29.9 Å². The molecule has 11 nitrogen and oxygen atoms in total. The molecule has 2 aromatic carbocycles. The lowest BCUT2D eigenvalue weighted by atomic mass is 9.67. The number of urea groups is 1. The third kappa shape index (κ3) is 4.11. The van der Waals surface area contributed by atoms with Crippen LogP contribution < -0.4 is 19.7 Å². The van der Waals surface area contributed by atoms with Gasteiger partial charge in [0.1, 0.15) is 0 Å². The average molecular weight is 523 g/mol. The number of nitro benzene ring substituents is 1. The van der Waals surface area contributed by atoms with Gasteiger partial charge in [-0.15, -0.1) is 0 Å². The minimum atomic E-state index is -1.56. The molecule has 4 amide bonds. The van der Waals surface area contributed by atoms with Crippen molar-refractivity contribution in [2.45, 2.75) is 44.6 Å². The standard InChI is InChI=1S/C27H30N4O7/c1-37-21-10-7-17(14-22(21)38-2)11-13-30-25(33)27(24(32)28-26(30)34)16-18-15-19(31(35)36)8-9-20(18)29-12-5-3-4-6-23(27)29/h7-10,14-15,23H,3-6,11-13,16H2,1-2H3,(H,28,32,34)/t23-,27-/m1/s1. The fourth-order valence-electron chi connectivity index (χ4n) is 6.07. The Morgan fingerprint density at radius 1 is 1.05 bits per heavy atom. The maximum absolute atomic E-state index is 14.2. The Bertz CT molecular complexity index is 1310. The van der Waals surface area contributed by atoms with E-state index in [0.29, 0.717) is 36.4 Å². The summed E-state index contributed by atoms with van der Waals surface area (Å²) in [6.45, 7) is 0.682. The minimum Gasteiger partial charge on any atom is -0.493 e. The molecule has 1 spiro atoms. The summed E-state index contributed by atoms with van der Waals surface area (Å²) in [4.78, 5) is 54.9. The van der Waals surface area contributed by atoms with E-state index in [-0.39, 0.29) is 18.7 Å². The minimum absolute atomic E-state index is 0.00398. The summed E-state index contributed by atoms with van der Waals surface area (Å²) in [5.41, 5.74) is 0.544. The summed E-state index contributed by atoms with van der Waals surface area (Å²) < 4.78 is 10.6. The van der Waals surface area contributed by atoms with Gasteiger partial charge in [0.25, 0.3) is 5.69 Å². The number of nitrogens with one attached hydrogen (secondary N) is 1. The predicted molar refractivity (Wildman–Crippen MR) is 137 cm³/mol. The molecule has 0 saturated carbocycles. The smallest absolute Gasteiger partial charge is 0.330 e. The third-order valence-electron chi connectivity index (χ3n) is 7.94. The van der Waals surface area contributed by atoms with Gasteiger partial charge >= 0.3 is 6.03 Å². The van der Waals surface area contributed by atoms with Gasteiger partial charge in [-0.2, -0.15) is 0 Å². The number of carbonyl (C=O) groups is 3. The molecule has 3 heterocycles. The second-order valence-electron chi connectivity index (χ2n) is 9.93. The lowest BCUT2D eigenvalue weighted by molar-refractivity contribution is -0.384. The number of anilines is 1. The molecule has 2 fully saturated rings. The third-order valence-corrected chi connectivity index (χ3v) is 7.94. The summed E-state index contributed by atoms with van der Waals surface area (Å²) in [6, 6.07) is 8.78. The van der Waals surface area contributed by atoms with Crippen molar-refractivity contribution in [2.24, 2.45) is 5.41 Å². The molecule has 2 saturated heterocycles. The zero-order chi connectivity index (χ0) is 27.0. The Morgan fingerprint density at radius 2 is 1.84 bits per heavy atom. The maximum atomic E-state index is 14.2. The maximum Gasteiger partial charge on any atom is 0.330 e. The first-order chi connectivity index (χ1) is 18.3. The van der Waals surface area contributed by atoms with Crippen LogP contribution in [0.2, 0.25) is 0 Å². The number of ether oxygens (including phenoxy) is 2. The molecule has 11 heteroatoms. The molecule has 0 unspecified atom stereocenters. The van der Waals surface area contributed by atoms with Gasteiger partial charge < -0.3 is 14.4 Å². The topological polar surface area (TPSA) is 131 Å². The van der Waals surface area contributed by atoms with Gasteiger partial charge in [-0.25, -0.2) is 4.79 Å². The molecule has 1 N–H and O–H groups in total. The van der Waals surface area contributed by atoms with E-state index in [4.69, 9.17) is 9.47 Å². The molecule has 0 aliphatic carbocycles. The summed E-state index contributed by atoms with van der Waals surface area (Å²) >= 11 is 0. The van der Waals surface area contributed by atoms with Crippen molar-refractivity contribution in [3.05, 3.63) is 57.6 Å². The van der Waals surface area contributed by atoms with Crippen molar-refractivity contribution in [3.63, 3.8) is 0 Å². The van der Waals surface area contributed by atoms with Crippen LogP contribution in [-0.4, -0.2) is 61.0 Å². The molecule has 0 radical (unpaired) electrons. The van der Waals surface area contributed by atoms with Crippen LogP contribution >= 0.6 is 0 Å². The Morgan fingerprint density at radius 3 is 2.58 bits per heavy atom. The van der Waals surface area contributed by atoms with Crippen LogP contribution in [0.25, 0.3) is 0 Å². The monoisotopic (exact) mass is 522 g/mol. The number of barbiturate groups is 1. The van der Waals surface area contributed by atoms with E-state index in [1.807, 2.05) is 6.07 Å². The number of methoxy groups -OCH3 is 2. The molecule has 200 valence electrons. The molecule has 2 aromatic rings. The van der Waals surface area contributed by atoms with Crippen molar-refractivity contribution in [2.75, 3.05) is 32.2 Å². The van der Waals surface area contributed by atoms with Gasteiger partial charge in [-0.05, 0) is 48.6 Å². The summed E-state index contributed by atoms with van der Waals surface area (Å²) in [5.74, 6) is -0.0913. The lowest BCUT2D eigenvalue weighted by Crippen LogP contribution is -2.72. The molecule has 3 aliphatic rings. The number of hydrogen-bond acceptors (Lipinski definition) is 8. The van der Waals surface area contributed by atoms with E-state index in [2.05, 4.69) is 10.2 Å². The summed E-state index contributed by atoms with van der Waals surface area (Å²) in [7, 11) is 3.07. The zero-order valence-corrected chi connectivity index (χ0v) is 21.4. The fourth-order valence-corrected chi connectivity index (χ4v) is 6.07. The fraction of sp³-hybridized carbons (Fsp3) is 0.444. The number of nitro groups is 1. The van der Waals surface area contributed by atoms with Gasteiger partial charge in [0.2, 0.25) is 11.8 Å². The molecule has 0 aromatic heterocycles. The first-order valence-corrected chi connectivity index (χ1v) is 12.7. The molecule has 38 heavy (non-hydrogen) atoms. The normalized spacial score (nSPS) is 22.9. The van der Waals surface area contributed by atoms with Crippen molar-refractivity contribution >= 4 is 29.2 Å². The molecular weight excluding hydrogens is 492 g/mol. The van der Waals surface area contributed by atoms with Gasteiger partial charge in [0.05, 0.1) is 25.2 Å². The number of amides is 4. The van der Waals surface area contributed by atoms with Gasteiger partial charge in [0.15, 0.2) is 16.9 Å². The average Bonchev–Trinajstić information content (AvgIpc) is 3.18. The number of fused-ring (bicyclic) bond motifs is 4. The molecule has 5 rings (SSSR count).